The predicted octanol–water partition coefficient (Wildman–Crippen LogP) is 4.64. The second-order valence-electron chi connectivity index (χ2n) is 7.95. The van der Waals surface area contributed by atoms with Crippen molar-refractivity contribution in [2.45, 2.75) is 31.7 Å². The fourth-order valence-corrected chi connectivity index (χ4v) is 3.82. The molecule has 2 aromatic heterocycles. The van der Waals surface area contributed by atoms with Crippen molar-refractivity contribution >= 4 is 17.7 Å². The highest BCUT2D eigenvalue weighted by Gasteiger charge is 2.30. The molecular weight excluding hydrogens is 461 g/mol. The highest BCUT2D eigenvalue weighted by molar-refractivity contribution is 6.33. The zero-order valence-electron chi connectivity index (χ0n) is 18.0. The van der Waals surface area contributed by atoms with Crippen LogP contribution in [0.3, 0.4) is 0 Å². The second kappa shape index (κ2) is 9.14. The van der Waals surface area contributed by atoms with Crippen molar-refractivity contribution in [2.75, 3.05) is 0 Å². The highest BCUT2D eigenvalue weighted by atomic mass is 35.5. The van der Waals surface area contributed by atoms with Gasteiger partial charge in [-0.05, 0) is 66.1 Å². The molecule has 0 spiro atoms. The summed E-state index contributed by atoms with van der Waals surface area (Å²) in [6, 6.07) is 8.82. The van der Waals surface area contributed by atoms with Gasteiger partial charge in [-0.1, -0.05) is 11.6 Å². The van der Waals surface area contributed by atoms with Crippen LogP contribution in [0, 0.1) is 5.82 Å². The van der Waals surface area contributed by atoms with Crippen molar-refractivity contribution in [3.63, 3.8) is 0 Å². The quantitative estimate of drug-likeness (QED) is 0.429. The largest absolute Gasteiger partial charge is 0.413 e. The number of carbonyl (C=O) groups is 1. The van der Waals surface area contributed by atoms with Crippen LogP contribution in [-0.2, 0) is 0 Å². The van der Waals surface area contributed by atoms with Crippen LogP contribution >= 0.6 is 11.6 Å². The van der Waals surface area contributed by atoms with Crippen LogP contribution in [0.15, 0.2) is 55.0 Å². The number of halogens is 2. The average molecular weight is 480 g/mol. The molecule has 11 heteroatoms. The molecule has 1 aliphatic rings. The summed E-state index contributed by atoms with van der Waals surface area (Å²) >= 11 is 6.31. The molecule has 1 atom stereocenters. The molecule has 0 bridgehead atoms. The summed E-state index contributed by atoms with van der Waals surface area (Å²) in [5.74, 6) is 0.812. The number of ether oxygens (including phenoxy) is 1. The maximum Gasteiger partial charge on any atom is 0.413 e. The second-order valence-corrected chi connectivity index (χ2v) is 8.36. The Bertz CT molecular complexity index is 1340. The van der Waals surface area contributed by atoms with Gasteiger partial charge in [-0.15, -0.1) is 5.10 Å². The van der Waals surface area contributed by atoms with Gasteiger partial charge in [0.15, 0.2) is 5.82 Å². The number of amides is 1. The van der Waals surface area contributed by atoms with Gasteiger partial charge >= 0.3 is 6.09 Å². The van der Waals surface area contributed by atoms with Crippen molar-refractivity contribution in [1.82, 2.24) is 35.5 Å². The van der Waals surface area contributed by atoms with Gasteiger partial charge < -0.3 is 10.1 Å². The van der Waals surface area contributed by atoms with Crippen LogP contribution in [0.1, 0.15) is 43.2 Å². The molecule has 1 aliphatic carbocycles. The van der Waals surface area contributed by atoms with Gasteiger partial charge in [-0.3, -0.25) is 9.97 Å². The van der Waals surface area contributed by atoms with Crippen LogP contribution in [0.5, 0.6) is 5.75 Å². The van der Waals surface area contributed by atoms with Crippen molar-refractivity contribution < 1.29 is 13.9 Å². The van der Waals surface area contributed by atoms with E-state index in [2.05, 4.69) is 30.8 Å². The summed E-state index contributed by atoms with van der Waals surface area (Å²) < 4.78 is 20.8. The zero-order chi connectivity index (χ0) is 23.7. The molecule has 4 aromatic rings. The number of hydrogen-bond donors (Lipinski definition) is 1. The van der Waals surface area contributed by atoms with Crippen LogP contribution < -0.4 is 10.1 Å². The summed E-state index contributed by atoms with van der Waals surface area (Å²) in [6.45, 7) is 1.77. The standard InChI is InChI=1S/C23H19ClFN7O2/c1-13(21-12-26-6-7-27-21)28-23(33)34-18-9-15(19-5-4-16(25)10-20(19)24)8-17(11-18)32-22(14-2-3-14)29-30-31-32/h4-14H,2-3H2,1H3,(H,28,33). The summed E-state index contributed by atoms with van der Waals surface area (Å²) in [7, 11) is 0. The van der Waals surface area contributed by atoms with Gasteiger partial charge in [0.1, 0.15) is 11.6 Å². The minimum absolute atomic E-state index is 0.225. The summed E-state index contributed by atoms with van der Waals surface area (Å²) in [4.78, 5) is 20.8. The van der Waals surface area contributed by atoms with Gasteiger partial charge in [0.2, 0.25) is 0 Å². The number of nitrogens with zero attached hydrogens (tertiary/aromatic N) is 6. The third-order valence-corrected chi connectivity index (χ3v) is 5.70. The van der Waals surface area contributed by atoms with Crippen molar-refractivity contribution in [3.8, 4) is 22.6 Å². The molecule has 0 saturated heterocycles. The van der Waals surface area contributed by atoms with Crippen molar-refractivity contribution in [1.29, 1.82) is 0 Å². The van der Waals surface area contributed by atoms with E-state index >= 15 is 0 Å². The lowest BCUT2D eigenvalue weighted by Gasteiger charge is -2.15. The van der Waals surface area contributed by atoms with E-state index in [0.717, 1.165) is 18.7 Å². The van der Waals surface area contributed by atoms with E-state index in [1.54, 1.807) is 48.4 Å². The number of rotatable bonds is 6. The molecule has 172 valence electrons. The molecule has 1 fully saturated rings. The van der Waals surface area contributed by atoms with E-state index in [1.165, 1.54) is 12.1 Å². The molecule has 0 radical (unpaired) electrons. The van der Waals surface area contributed by atoms with Crippen molar-refractivity contribution in [3.05, 3.63) is 77.3 Å². The lowest BCUT2D eigenvalue weighted by atomic mass is 10.0. The summed E-state index contributed by atoms with van der Waals surface area (Å²) in [5, 5.41) is 15.0. The van der Waals surface area contributed by atoms with Gasteiger partial charge in [0.25, 0.3) is 0 Å². The number of carbonyl (C=O) groups excluding carboxylic acids is 1. The third-order valence-electron chi connectivity index (χ3n) is 5.39. The Hall–Kier alpha value is -3.92. The Morgan fingerprint density at radius 3 is 2.82 bits per heavy atom. The van der Waals surface area contributed by atoms with Crippen LogP contribution in [0.25, 0.3) is 16.8 Å². The number of nitrogens with one attached hydrogen (secondary N) is 1. The van der Waals surface area contributed by atoms with E-state index < -0.39 is 18.0 Å². The van der Waals surface area contributed by atoms with Gasteiger partial charge in [-0.2, -0.15) is 4.68 Å². The maximum absolute atomic E-state index is 13.6. The lowest BCUT2D eigenvalue weighted by molar-refractivity contribution is 0.196. The molecule has 1 amide bonds. The first kappa shape index (κ1) is 21.9. The number of benzene rings is 2. The van der Waals surface area contributed by atoms with Gasteiger partial charge in [0, 0.05) is 29.9 Å². The minimum Gasteiger partial charge on any atom is -0.410 e. The summed E-state index contributed by atoms with van der Waals surface area (Å²) in [5.41, 5.74) is 2.37. The van der Waals surface area contributed by atoms with E-state index in [0.29, 0.717) is 22.5 Å². The average Bonchev–Trinajstić information content (AvgIpc) is 3.55. The first-order chi connectivity index (χ1) is 16.5. The molecular formula is C23H19ClFN7O2. The molecule has 0 aliphatic heterocycles. The van der Waals surface area contributed by atoms with Crippen LogP contribution in [-0.4, -0.2) is 36.3 Å². The first-order valence-electron chi connectivity index (χ1n) is 10.6. The maximum atomic E-state index is 13.6. The minimum atomic E-state index is -0.675. The zero-order valence-corrected chi connectivity index (χ0v) is 18.8. The van der Waals surface area contributed by atoms with E-state index in [4.69, 9.17) is 16.3 Å². The SMILES string of the molecule is CC(NC(=O)Oc1cc(-c2ccc(F)cc2Cl)cc(-n2nnnc2C2CC2)c1)c1cnccn1. The molecule has 2 aromatic carbocycles. The third kappa shape index (κ3) is 4.72. The molecule has 2 heterocycles. The fraction of sp³-hybridized carbons (Fsp3) is 0.217. The first-order valence-corrected chi connectivity index (χ1v) is 11.0. The summed E-state index contributed by atoms with van der Waals surface area (Å²) in [6.07, 6.45) is 6.01. The Kier molecular flexibility index (Phi) is 5.89. The van der Waals surface area contributed by atoms with E-state index in [-0.39, 0.29) is 16.7 Å². The Balaban J connectivity index is 1.48. The molecule has 34 heavy (non-hydrogen) atoms. The van der Waals surface area contributed by atoms with E-state index in [9.17, 15) is 9.18 Å². The number of aromatic nitrogens is 6. The van der Waals surface area contributed by atoms with Crippen LogP contribution in [0.2, 0.25) is 5.02 Å². The number of tetrazole rings is 1. The molecule has 9 nitrogen and oxygen atoms in total. The molecule has 1 unspecified atom stereocenters. The Morgan fingerprint density at radius 1 is 1.24 bits per heavy atom. The molecule has 5 rings (SSSR count). The smallest absolute Gasteiger partial charge is 0.410 e. The van der Waals surface area contributed by atoms with Crippen LogP contribution in [0.4, 0.5) is 9.18 Å². The normalized spacial score (nSPS) is 14.0. The fourth-order valence-electron chi connectivity index (χ4n) is 3.54. The molecule has 1 saturated carbocycles. The monoisotopic (exact) mass is 479 g/mol. The molecule has 1 N–H and O–H groups in total. The van der Waals surface area contributed by atoms with Gasteiger partial charge in [0.05, 0.1) is 28.6 Å². The van der Waals surface area contributed by atoms with Gasteiger partial charge in [-0.25, -0.2) is 9.18 Å². The highest BCUT2D eigenvalue weighted by Crippen LogP contribution is 2.40. The Morgan fingerprint density at radius 2 is 2.09 bits per heavy atom. The number of hydrogen-bond acceptors (Lipinski definition) is 7. The lowest BCUT2D eigenvalue weighted by Crippen LogP contribution is -2.30. The predicted molar refractivity (Wildman–Crippen MR) is 121 cm³/mol. The topological polar surface area (TPSA) is 108 Å². The van der Waals surface area contributed by atoms with E-state index in [1.807, 2.05) is 6.07 Å². The van der Waals surface area contributed by atoms with Crippen molar-refractivity contribution in [2.24, 2.45) is 0 Å². The Labute approximate surface area is 199 Å².